The van der Waals surface area contributed by atoms with Crippen LogP contribution in [0.4, 0.5) is 13.2 Å². The van der Waals surface area contributed by atoms with Gasteiger partial charge in [0.05, 0.1) is 16.5 Å². The average Bonchev–Trinajstić information content (AvgIpc) is 2.92. The van der Waals surface area contributed by atoms with Crippen molar-refractivity contribution in [2.45, 2.75) is 40.3 Å². The maximum absolute atomic E-state index is 12.7. The first kappa shape index (κ1) is 27.9. The van der Waals surface area contributed by atoms with Gasteiger partial charge in [-0.25, -0.2) is 4.79 Å². The molecule has 7 heteroatoms. The lowest BCUT2D eigenvalue weighted by molar-refractivity contribution is -0.154. The van der Waals surface area contributed by atoms with E-state index in [1.54, 1.807) is 13.8 Å². The van der Waals surface area contributed by atoms with Gasteiger partial charge < -0.3 is 9.47 Å². The number of alkyl halides is 3. The van der Waals surface area contributed by atoms with E-state index in [1.165, 1.54) is 21.9 Å². The Labute approximate surface area is 228 Å². The van der Waals surface area contributed by atoms with Crippen LogP contribution < -0.4 is 4.74 Å². The van der Waals surface area contributed by atoms with Crippen LogP contribution >= 0.6 is 0 Å². The van der Waals surface area contributed by atoms with E-state index in [4.69, 9.17) is 9.47 Å². The smallest absolute Gasteiger partial charge is 0.416 e. The predicted molar refractivity (Wildman–Crippen MR) is 145 cm³/mol. The number of hydrogen-bond donors (Lipinski definition) is 0. The predicted octanol–water partition coefficient (Wildman–Crippen LogP) is 7.55. The lowest BCUT2D eigenvalue weighted by Crippen LogP contribution is -2.29. The molecule has 3 nitrogen and oxygen atoms in total. The molecule has 0 unspecified atom stereocenters. The monoisotopic (exact) mass is 547 g/mol. The number of carbonyl (C=O) groups is 1. The van der Waals surface area contributed by atoms with Crippen LogP contribution in [0.15, 0.2) is 124 Å². The summed E-state index contributed by atoms with van der Waals surface area (Å²) in [7, 11) is -0.291. The molecule has 0 radical (unpaired) electrons. The highest BCUT2D eigenvalue weighted by Crippen LogP contribution is 2.32. The molecule has 0 aromatic heterocycles. The lowest BCUT2D eigenvalue weighted by Gasteiger charge is -2.19. The Morgan fingerprint density at radius 3 is 1.77 bits per heavy atom. The molecule has 0 aliphatic rings. The Balaban J connectivity index is 1.37. The van der Waals surface area contributed by atoms with Gasteiger partial charge in [0.15, 0.2) is 26.9 Å². The Bertz CT molecular complexity index is 1400. The number of carbonyl (C=O) groups excluding carboxylic acids is 1. The number of benzene rings is 4. The molecule has 198 valence electrons. The highest BCUT2D eigenvalue weighted by atomic mass is 32.2. The summed E-state index contributed by atoms with van der Waals surface area (Å²) < 4.78 is 49.2. The Morgan fingerprint density at radius 1 is 0.744 bits per heavy atom. The van der Waals surface area contributed by atoms with Gasteiger partial charge in [0.2, 0.25) is 0 Å². The molecule has 4 aromatic carbocycles. The highest BCUT2D eigenvalue weighted by Gasteiger charge is 2.30. The molecular weight excluding hydrogens is 521 g/mol. The van der Waals surface area contributed by atoms with Crippen molar-refractivity contribution in [3.8, 4) is 17.6 Å². The largest absolute Gasteiger partial charge is 0.482 e. The first-order chi connectivity index (χ1) is 18.6. The van der Waals surface area contributed by atoms with E-state index in [1.807, 2.05) is 60.7 Å². The molecular formula is C32H26F3O3S+. The van der Waals surface area contributed by atoms with Crippen molar-refractivity contribution in [1.29, 1.82) is 0 Å². The maximum Gasteiger partial charge on any atom is 0.416 e. The minimum atomic E-state index is -4.41. The van der Waals surface area contributed by atoms with Gasteiger partial charge in [0, 0.05) is 5.56 Å². The van der Waals surface area contributed by atoms with Crippen molar-refractivity contribution in [1.82, 2.24) is 0 Å². The zero-order valence-electron chi connectivity index (χ0n) is 21.4. The van der Waals surface area contributed by atoms with Crippen LogP contribution in [0.5, 0.6) is 5.75 Å². The SMILES string of the molecule is CC(C)(C#Cc1ccc(C(F)(F)F)cc1)OC(=O)COc1ccc([S+](c2ccccc2)c2ccccc2)cc1. The summed E-state index contributed by atoms with van der Waals surface area (Å²) in [5.74, 6) is 5.45. The van der Waals surface area contributed by atoms with Crippen molar-refractivity contribution in [3.05, 3.63) is 120 Å². The topological polar surface area (TPSA) is 35.5 Å². The van der Waals surface area contributed by atoms with Crippen LogP contribution in [-0.2, 0) is 26.6 Å². The van der Waals surface area contributed by atoms with Crippen LogP contribution in [-0.4, -0.2) is 18.2 Å². The maximum atomic E-state index is 12.7. The zero-order chi connectivity index (χ0) is 27.9. The standard InChI is InChI=1S/C32H26F3O3S/c1-31(2,22-21-24-13-15-25(16-14-24)32(33,34)35)38-30(36)23-37-26-17-19-29(20-18-26)39(27-9-5-3-6-10-27)28-11-7-4-8-12-28/h3-20H,23H2,1-2H3/q+1. The van der Waals surface area contributed by atoms with Crippen LogP contribution in [0.25, 0.3) is 0 Å². The Kier molecular flexibility index (Phi) is 8.68. The van der Waals surface area contributed by atoms with Gasteiger partial charge in [0.1, 0.15) is 5.75 Å². The third-order valence-corrected chi connectivity index (χ3v) is 7.69. The second-order valence-corrected chi connectivity index (χ2v) is 11.0. The van der Waals surface area contributed by atoms with Crippen molar-refractivity contribution < 1.29 is 27.4 Å². The fourth-order valence-corrected chi connectivity index (χ4v) is 5.72. The van der Waals surface area contributed by atoms with Gasteiger partial charge in [-0.05, 0) is 86.6 Å². The molecule has 0 spiro atoms. The first-order valence-electron chi connectivity index (χ1n) is 12.1. The second-order valence-electron chi connectivity index (χ2n) is 9.00. The minimum absolute atomic E-state index is 0.291. The number of rotatable bonds is 7. The Morgan fingerprint density at radius 2 is 1.26 bits per heavy atom. The summed E-state index contributed by atoms with van der Waals surface area (Å²) in [5, 5.41) is 0. The quantitative estimate of drug-likeness (QED) is 0.136. The van der Waals surface area contributed by atoms with Crippen LogP contribution in [0.3, 0.4) is 0 Å². The molecule has 0 amide bonds. The highest BCUT2D eigenvalue weighted by molar-refractivity contribution is 7.97. The van der Waals surface area contributed by atoms with E-state index >= 15 is 0 Å². The van der Waals surface area contributed by atoms with Gasteiger partial charge in [0.25, 0.3) is 0 Å². The van der Waals surface area contributed by atoms with E-state index in [-0.39, 0.29) is 17.5 Å². The normalized spacial score (nSPS) is 11.4. The summed E-state index contributed by atoms with van der Waals surface area (Å²) in [5.41, 5.74) is -1.53. The zero-order valence-corrected chi connectivity index (χ0v) is 22.2. The molecule has 0 saturated heterocycles. The molecule has 0 saturated carbocycles. The number of ether oxygens (including phenoxy) is 2. The summed E-state index contributed by atoms with van der Waals surface area (Å²) in [4.78, 5) is 15.9. The number of halogens is 3. The van der Waals surface area contributed by atoms with Crippen LogP contribution in [0.2, 0.25) is 0 Å². The molecule has 0 heterocycles. The van der Waals surface area contributed by atoms with E-state index in [2.05, 4.69) is 36.1 Å². The van der Waals surface area contributed by atoms with Crippen molar-refractivity contribution >= 4 is 16.9 Å². The molecule has 0 fully saturated rings. The van der Waals surface area contributed by atoms with Crippen molar-refractivity contribution in [2.75, 3.05) is 6.61 Å². The molecule has 0 atom stereocenters. The van der Waals surface area contributed by atoms with Crippen LogP contribution in [0.1, 0.15) is 25.0 Å². The van der Waals surface area contributed by atoms with Crippen molar-refractivity contribution in [2.24, 2.45) is 0 Å². The average molecular weight is 548 g/mol. The van der Waals surface area contributed by atoms with E-state index in [9.17, 15) is 18.0 Å². The molecule has 0 aliphatic heterocycles. The molecule has 0 bridgehead atoms. The van der Waals surface area contributed by atoms with Gasteiger partial charge >= 0.3 is 12.1 Å². The van der Waals surface area contributed by atoms with Gasteiger partial charge in [-0.15, -0.1) is 0 Å². The fraction of sp³-hybridized carbons (Fsp3) is 0.156. The molecule has 39 heavy (non-hydrogen) atoms. The van der Waals surface area contributed by atoms with E-state index < -0.39 is 23.3 Å². The van der Waals surface area contributed by atoms with E-state index in [0.717, 1.165) is 17.0 Å². The van der Waals surface area contributed by atoms with Crippen molar-refractivity contribution in [3.63, 3.8) is 0 Å². The first-order valence-corrected chi connectivity index (χ1v) is 13.3. The molecule has 0 N–H and O–H groups in total. The fourth-order valence-electron chi connectivity index (χ4n) is 3.64. The molecule has 0 aliphatic carbocycles. The number of esters is 1. The summed E-state index contributed by atoms with van der Waals surface area (Å²) in [6.45, 7) is 2.89. The van der Waals surface area contributed by atoms with Gasteiger partial charge in [-0.1, -0.05) is 48.2 Å². The van der Waals surface area contributed by atoms with E-state index in [0.29, 0.717) is 11.3 Å². The van der Waals surface area contributed by atoms with Crippen LogP contribution in [0, 0.1) is 11.8 Å². The summed E-state index contributed by atoms with van der Waals surface area (Å²) >= 11 is 0. The minimum Gasteiger partial charge on any atom is -0.482 e. The molecule has 4 aromatic rings. The Hall–Kier alpha value is -4.15. The lowest BCUT2D eigenvalue weighted by atomic mass is 10.1. The summed E-state index contributed by atoms with van der Waals surface area (Å²) in [6, 6.07) is 32.6. The van der Waals surface area contributed by atoms with Gasteiger partial charge in [-0.2, -0.15) is 13.2 Å². The number of hydrogen-bond acceptors (Lipinski definition) is 3. The summed E-state index contributed by atoms with van der Waals surface area (Å²) in [6.07, 6.45) is -4.41. The third-order valence-electron chi connectivity index (χ3n) is 5.46. The molecule has 4 rings (SSSR count). The third kappa shape index (κ3) is 7.92. The van der Waals surface area contributed by atoms with Gasteiger partial charge in [-0.3, -0.25) is 0 Å². The second kappa shape index (κ2) is 12.1.